The minimum Gasteiger partial charge on any atom is -0.368 e. The van der Waals surface area contributed by atoms with Gasteiger partial charge in [-0.25, -0.2) is 4.68 Å². The van der Waals surface area contributed by atoms with E-state index in [2.05, 4.69) is 10.00 Å². The summed E-state index contributed by atoms with van der Waals surface area (Å²) in [5.41, 5.74) is 2.23. The van der Waals surface area contributed by atoms with Gasteiger partial charge in [-0.1, -0.05) is 35.3 Å². The molecule has 1 saturated heterocycles. The van der Waals surface area contributed by atoms with Crippen molar-refractivity contribution in [1.82, 2.24) is 14.7 Å². The molecular weight excluding hydrogens is 423 g/mol. The van der Waals surface area contributed by atoms with Crippen LogP contribution in [0.3, 0.4) is 0 Å². The van der Waals surface area contributed by atoms with E-state index in [0.29, 0.717) is 28.8 Å². The van der Waals surface area contributed by atoms with Gasteiger partial charge in [0.25, 0.3) is 5.56 Å². The molecule has 2 aromatic carbocycles. The van der Waals surface area contributed by atoms with E-state index in [1.807, 2.05) is 36.4 Å². The third-order valence-corrected chi connectivity index (χ3v) is 5.62. The molecule has 0 aliphatic carbocycles. The van der Waals surface area contributed by atoms with Crippen LogP contribution in [0.25, 0.3) is 11.3 Å². The van der Waals surface area contributed by atoms with Crippen LogP contribution < -0.4 is 10.5 Å². The van der Waals surface area contributed by atoms with Crippen LogP contribution in [-0.4, -0.2) is 46.8 Å². The summed E-state index contributed by atoms with van der Waals surface area (Å²) in [5, 5.41) is 5.69. The molecule has 1 fully saturated rings. The van der Waals surface area contributed by atoms with Gasteiger partial charge in [0.15, 0.2) is 0 Å². The van der Waals surface area contributed by atoms with Crippen LogP contribution in [0.1, 0.15) is 0 Å². The normalized spacial score (nSPS) is 14.1. The van der Waals surface area contributed by atoms with Crippen LogP contribution in [0.15, 0.2) is 65.5 Å². The van der Waals surface area contributed by atoms with E-state index in [4.69, 9.17) is 23.2 Å². The number of nitrogens with zero attached hydrogens (tertiary/aromatic N) is 4. The third kappa shape index (κ3) is 4.66. The molecule has 0 radical (unpaired) electrons. The second kappa shape index (κ2) is 8.90. The summed E-state index contributed by atoms with van der Waals surface area (Å²) in [7, 11) is 0. The number of hydrogen-bond donors (Lipinski definition) is 0. The molecule has 3 aromatic rings. The highest BCUT2D eigenvalue weighted by atomic mass is 35.5. The molecule has 0 N–H and O–H groups in total. The first-order valence-electron chi connectivity index (χ1n) is 9.62. The topological polar surface area (TPSA) is 58.4 Å². The van der Waals surface area contributed by atoms with E-state index in [-0.39, 0.29) is 18.0 Å². The molecule has 4 rings (SSSR count). The lowest BCUT2D eigenvalue weighted by Gasteiger charge is -2.36. The molecule has 0 bridgehead atoms. The van der Waals surface area contributed by atoms with Crippen molar-refractivity contribution in [3.63, 3.8) is 0 Å². The van der Waals surface area contributed by atoms with Gasteiger partial charge in [0.05, 0.1) is 5.69 Å². The average Bonchev–Trinajstić information content (AvgIpc) is 2.76. The number of amides is 1. The number of hydrogen-bond acceptors (Lipinski definition) is 4. The van der Waals surface area contributed by atoms with E-state index in [9.17, 15) is 9.59 Å². The lowest BCUT2D eigenvalue weighted by atomic mass is 10.1. The van der Waals surface area contributed by atoms with E-state index >= 15 is 0 Å². The van der Waals surface area contributed by atoms with Gasteiger partial charge >= 0.3 is 0 Å². The zero-order valence-electron chi connectivity index (χ0n) is 16.2. The minimum atomic E-state index is -0.305. The van der Waals surface area contributed by atoms with Crippen LogP contribution in [0.2, 0.25) is 10.0 Å². The summed E-state index contributed by atoms with van der Waals surface area (Å²) >= 11 is 11.9. The van der Waals surface area contributed by atoms with Crippen molar-refractivity contribution in [2.45, 2.75) is 6.54 Å². The maximum absolute atomic E-state index is 12.8. The maximum atomic E-state index is 12.8. The SMILES string of the molecule is O=C(Cn1nc(-c2ccc(Cl)cc2)ccc1=O)N1CCN(c2ccc(Cl)cc2)CC1. The Morgan fingerprint density at radius 2 is 1.43 bits per heavy atom. The molecule has 1 aliphatic rings. The Labute approximate surface area is 184 Å². The van der Waals surface area contributed by atoms with Crippen molar-refractivity contribution in [2.75, 3.05) is 31.1 Å². The lowest BCUT2D eigenvalue weighted by molar-refractivity contribution is -0.132. The smallest absolute Gasteiger partial charge is 0.267 e. The molecule has 1 aromatic heterocycles. The Kier molecular flexibility index (Phi) is 6.06. The average molecular weight is 443 g/mol. The van der Waals surface area contributed by atoms with Crippen molar-refractivity contribution >= 4 is 34.8 Å². The molecule has 154 valence electrons. The zero-order valence-corrected chi connectivity index (χ0v) is 17.7. The van der Waals surface area contributed by atoms with E-state index in [0.717, 1.165) is 24.3 Å². The summed E-state index contributed by atoms with van der Waals surface area (Å²) in [4.78, 5) is 29.0. The van der Waals surface area contributed by atoms with Gasteiger partial charge in [0.2, 0.25) is 5.91 Å². The number of piperazine rings is 1. The van der Waals surface area contributed by atoms with Crippen molar-refractivity contribution in [3.05, 3.63) is 81.1 Å². The monoisotopic (exact) mass is 442 g/mol. The minimum absolute atomic E-state index is 0.0821. The number of anilines is 1. The van der Waals surface area contributed by atoms with E-state index in [1.54, 1.807) is 23.1 Å². The predicted molar refractivity (Wildman–Crippen MR) is 119 cm³/mol. The number of carbonyl (C=O) groups is 1. The van der Waals surface area contributed by atoms with Crippen LogP contribution in [0.4, 0.5) is 5.69 Å². The summed E-state index contributed by atoms with van der Waals surface area (Å²) in [5.74, 6) is -0.117. The fourth-order valence-corrected chi connectivity index (χ4v) is 3.68. The summed E-state index contributed by atoms with van der Waals surface area (Å²) in [6.07, 6.45) is 0. The molecule has 0 atom stereocenters. The molecule has 30 heavy (non-hydrogen) atoms. The Bertz CT molecular complexity index is 1090. The Morgan fingerprint density at radius 3 is 2.07 bits per heavy atom. The maximum Gasteiger partial charge on any atom is 0.267 e. The molecular formula is C22H20Cl2N4O2. The van der Waals surface area contributed by atoms with Crippen molar-refractivity contribution in [1.29, 1.82) is 0 Å². The van der Waals surface area contributed by atoms with Crippen molar-refractivity contribution in [3.8, 4) is 11.3 Å². The first-order valence-corrected chi connectivity index (χ1v) is 10.4. The van der Waals surface area contributed by atoms with Crippen molar-refractivity contribution in [2.24, 2.45) is 0 Å². The van der Waals surface area contributed by atoms with Gasteiger partial charge < -0.3 is 9.80 Å². The molecule has 2 heterocycles. The molecule has 8 heteroatoms. The van der Waals surface area contributed by atoms with Gasteiger partial charge in [-0.2, -0.15) is 5.10 Å². The highest BCUT2D eigenvalue weighted by Crippen LogP contribution is 2.20. The quantitative estimate of drug-likeness (QED) is 0.619. The number of rotatable bonds is 4. The predicted octanol–water partition coefficient (Wildman–Crippen LogP) is 3.57. The Hall–Kier alpha value is -2.83. The van der Waals surface area contributed by atoms with Crippen LogP contribution in [-0.2, 0) is 11.3 Å². The molecule has 1 amide bonds. The molecule has 6 nitrogen and oxygen atoms in total. The number of benzene rings is 2. The molecule has 0 spiro atoms. The first-order chi connectivity index (χ1) is 14.5. The fraction of sp³-hybridized carbons (Fsp3) is 0.227. The second-order valence-electron chi connectivity index (χ2n) is 7.07. The molecule has 0 saturated carbocycles. The molecule has 0 unspecified atom stereocenters. The van der Waals surface area contributed by atoms with E-state index < -0.39 is 0 Å². The van der Waals surface area contributed by atoms with Gasteiger partial charge in [0.1, 0.15) is 6.54 Å². The standard InChI is InChI=1S/C22H20Cl2N4O2/c23-17-3-1-16(2-4-17)20-9-10-21(29)28(25-20)15-22(30)27-13-11-26(12-14-27)19-7-5-18(24)6-8-19/h1-10H,11-15H2. The third-order valence-electron chi connectivity index (χ3n) is 5.12. The Morgan fingerprint density at radius 1 is 0.833 bits per heavy atom. The van der Waals surface area contributed by atoms with Gasteiger partial charge in [-0.3, -0.25) is 9.59 Å². The summed E-state index contributed by atoms with van der Waals surface area (Å²) < 4.78 is 1.22. The van der Waals surface area contributed by atoms with Crippen LogP contribution in [0.5, 0.6) is 0 Å². The second-order valence-corrected chi connectivity index (χ2v) is 7.94. The number of carbonyl (C=O) groups excluding carboxylic acids is 1. The lowest BCUT2D eigenvalue weighted by Crippen LogP contribution is -2.50. The van der Waals surface area contributed by atoms with Gasteiger partial charge in [-0.05, 0) is 42.5 Å². The van der Waals surface area contributed by atoms with Crippen LogP contribution >= 0.6 is 23.2 Å². The highest BCUT2D eigenvalue weighted by molar-refractivity contribution is 6.30. The van der Waals surface area contributed by atoms with E-state index in [1.165, 1.54) is 10.7 Å². The van der Waals surface area contributed by atoms with Crippen molar-refractivity contribution < 1.29 is 4.79 Å². The van der Waals surface area contributed by atoms with Gasteiger partial charge in [-0.15, -0.1) is 0 Å². The highest BCUT2D eigenvalue weighted by Gasteiger charge is 2.22. The largest absolute Gasteiger partial charge is 0.368 e. The number of aromatic nitrogens is 2. The van der Waals surface area contributed by atoms with Gasteiger partial charge in [0, 0.05) is 53.5 Å². The number of halogens is 2. The summed E-state index contributed by atoms with van der Waals surface area (Å²) in [6, 6.07) is 17.9. The molecule has 1 aliphatic heterocycles. The van der Waals surface area contributed by atoms with Crippen LogP contribution in [0, 0.1) is 0 Å². The first kappa shape index (κ1) is 20.4. The fourth-order valence-electron chi connectivity index (χ4n) is 3.43. The summed E-state index contributed by atoms with van der Waals surface area (Å²) in [6.45, 7) is 2.54. The Balaban J connectivity index is 1.42. The zero-order chi connectivity index (χ0) is 21.1.